The van der Waals surface area contributed by atoms with E-state index in [1.54, 1.807) is 42.5 Å². The van der Waals surface area contributed by atoms with Gasteiger partial charge in [0.15, 0.2) is 0 Å². The number of nitrogens with zero attached hydrogens (tertiary/aromatic N) is 2. The number of esters is 1. The molecule has 24 heavy (non-hydrogen) atoms. The molecule has 0 aliphatic rings. The Balaban J connectivity index is 1.74. The highest BCUT2D eigenvalue weighted by molar-refractivity contribution is 6.05. The van der Waals surface area contributed by atoms with Crippen molar-refractivity contribution in [3.05, 3.63) is 66.1 Å². The highest BCUT2D eigenvalue weighted by Gasteiger charge is 2.11. The van der Waals surface area contributed by atoms with E-state index in [9.17, 15) is 9.59 Å². The van der Waals surface area contributed by atoms with Crippen molar-refractivity contribution in [2.45, 2.75) is 0 Å². The van der Waals surface area contributed by atoms with E-state index in [2.05, 4.69) is 20.3 Å². The van der Waals surface area contributed by atoms with Gasteiger partial charge < -0.3 is 14.5 Å². The number of nitrogens with one attached hydrogen (secondary N) is 1. The average molecular weight is 323 g/mol. The second-order valence-electron chi connectivity index (χ2n) is 4.85. The first-order valence-electron chi connectivity index (χ1n) is 7.03. The fourth-order valence-electron chi connectivity index (χ4n) is 2.10. The van der Waals surface area contributed by atoms with E-state index >= 15 is 0 Å². The smallest absolute Gasteiger partial charge is 0.337 e. The van der Waals surface area contributed by atoms with E-state index in [1.807, 2.05) is 0 Å². The second kappa shape index (κ2) is 6.74. The van der Waals surface area contributed by atoms with Crippen LogP contribution in [0.1, 0.15) is 20.7 Å². The number of rotatable bonds is 4. The summed E-state index contributed by atoms with van der Waals surface area (Å²) < 4.78 is 9.75. The molecule has 0 aliphatic carbocycles. The average Bonchev–Trinajstić information content (AvgIpc) is 3.16. The number of methoxy groups -OCH3 is 1. The second-order valence-corrected chi connectivity index (χ2v) is 4.85. The SMILES string of the molecule is COC(=O)c1cccc(C(=O)Nc2ccc(-c3nnco3)cc2)c1. The van der Waals surface area contributed by atoms with Crippen LogP contribution in [-0.4, -0.2) is 29.2 Å². The maximum absolute atomic E-state index is 12.3. The molecule has 1 aromatic heterocycles. The van der Waals surface area contributed by atoms with Crippen LogP contribution in [0.5, 0.6) is 0 Å². The van der Waals surface area contributed by atoms with Gasteiger partial charge in [0.2, 0.25) is 12.3 Å². The molecule has 0 radical (unpaired) electrons. The van der Waals surface area contributed by atoms with Gasteiger partial charge in [-0.05, 0) is 42.5 Å². The molecule has 0 fully saturated rings. The van der Waals surface area contributed by atoms with Crippen molar-refractivity contribution in [3.63, 3.8) is 0 Å². The molecule has 120 valence electrons. The van der Waals surface area contributed by atoms with Gasteiger partial charge in [-0.3, -0.25) is 4.79 Å². The summed E-state index contributed by atoms with van der Waals surface area (Å²) in [5.41, 5.74) is 2.03. The van der Waals surface area contributed by atoms with E-state index in [-0.39, 0.29) is 5.91 Å². The number of amides is 1. The molecule has 0 saturated heterocycles. The van der Waals surface area contributed by atoms with Gasteiger partial charge in [0, 0.05) is 16.8 Å². The number of aromatic nitrogens is 2. The molecule has 7 nitrogen and oxygen atoms in total. The third-order valence-corrected chi connectivity index (χ3v) is 3.30. The minimum atomic E-state index is -0.492. The van der Waals surface area contributed by atoms with E-state index < -0.39 is 5.97 Å². The van der Waals surface area contributed by atoms with Crippen LogP contribution in [0.15, 0.2) is 59.3 Å². The minimum Gasteiger partial charge on any atom is -0.465 e. The normalized spacial score (nSPS) is 10.2. The lowest BCUT2D eigenvalue weighted by molar-refractivity contribution is 0.0600. The van der Waals surface area contributed by atoms with Crippen LogP contribution in [0.3, 0.4) is 0 Å². The Hall–Kier alpha value is -3.48. The Morgan fingerprint density at radius 1 is 1.08 bits per heavy atom. The molecule has 0 aliphatic heterocycles. The zero-order chi connectivity index (χ0) is 16.9. The Morgan fingerprint density at radius 2 is 1.83 bits per heavy atom. The minimum absolute atomic E-state index is 0.317. The number of anilines is 1. The van der Waals surface area contributed by atoms with Gasteiger partial charge in [-0.25, -0.2) is 4.79 Å². The van der Waals surface area contributed by atoms with Crippen LogP contribution in [0, 0.1) is 0 Å². The summed E-state index contributed by atoms with van der Waals surface area (Å²) in [6.07, 6.45) is 1.25. The fourth-order valence-corrected chi connectivity index (χ4v) is 2.10. The van der Waals surface area contributed by atoms with Crippen molar-refractivity contribution in [2.24, 2.45) is 0 Å². The molecule has 1 N–H and O–H groups in total. The standard InChI is InChI=1S/C17H13N3O4/c1-23-17(22)13-4-2-3-12(9-13)15(21)19-14-7-5-11(6-8-14)16-20-18-10-24-16/h2-10H,1H3,(H,19,21). The zero-order valence-corrected chi connectivity index (χ0v) is 12.7. The number of carbonyl (C=O) groups is 2. The van der Waals surface area contributed by atoms with Gasteiger partial charge >= 0.3 is 5.97 Å². The first-order chi connectivity index (χ1) is 11.7. The number of ether oxygens (including phenoxy) is 1. The van der Waals surface area contributed by atoms with Gasteiger partial charge in [-0.2, -0.15) is 0 Å². The maximum atomic E-state index is 12.3. The summed E-state index contributed by atoms with van der Waals surface area (Å²) in [4.78, 5) is 23.8. The monoisotopic (exact) mass is 323 g/mol. The first kappa shape index (κ1) is 15.4. The molecule has 1 amide bonds. The fraction of sp³-hybridized carbons (Fsp3) is 0.0588. The molecule has 0 spiro atoms. The molecule has 0 atom stereocenters. The summed E-state index contributed by atoms with van der Waals surface area (Å²) in [7, 11) is 1.29. The number of carbonyl (C=O) groups excluding carboxylic acids is 2. The van der Waals surface area contributed by atoms with Crippen LogP contribution < -0.4 is 5.32 Å². The predicted octanol–water partition coefficient (Wildman–Crippen LogP) is 2.78. The van der Waals surface area contributed by atoms with Crippen molar-refractivity contribution in [3.8, 4) is 11.5 Å². The van der Waals surface area contributed by atoms with Gasteiger partial charge in [-0.15, -0.1) is 10.2 Å². The molecule has 3 aromatic rings. The summed E-state index contributed by atoms with van der Waals surface area (Å²) >= 11 is 0. The van der Waals surface area contributed by atoms with Crippen LogP contribution in [-0.2, 0) is 4.74 Å². The van der Waals surface area contributed by atoms with Gasteiger partial charge in [-0.1, -0.05) is 6.07 Å². The van der Waals surface area contributed by atoms with Crippen molar-refractivity contribution in [2.75, 3.05) is 12.4 Å². The number of benzene rings is 2. The summed E-state index contributed by atoms with van der Waals surface area (Å²) in [5.74, 6) is -0.418. The molecule has 3 rings (SSSR count). The Kier molecular flexibility index (Phi) is 4.33. The van der Waals surface area contributed by atoms with E-state index in [4.69, 9.17) is 4.42 Å². The maximum Gasteiger partial charge on any atom is 0.337 e. The third-order valence-electron chi connectivity index (χ3n) is 3.30. The highest BCUT2D eigenvalue weighted by Crippen LogP contribution is 2.19. The van der Waals surface area contributed by atoms with Crippen molar-refractivity contribution >= 4 is 17.6 Å². The summed E-state index contributed by atoms with van der Waals surface area (Å²) in [5, 5.41) is 10.2. The number of hydrogen-bond donors (Lipinski definition) is 1. The Labute approximate surface area is 137 Å². The first-order valence-corrected chi connectivity index (χ1v) is 7.03. The summed E-state index contributed by atoms with van der Waals surface area (Å²) in [6.45, 7) is 0. The third kappa shape index (κ3) is 3.30. The Morgan fingerprint density at radius 3 is 2.50 bits per heavy atom. The van der Waals surface area contributed by atoms with Gasteiger partial charge in [0.25, 0.3) is 5.91 Å². The largest absolute Gasteiger partial charge is 0.465 e. The molecule has 2 aromatic carbocycles. The van der Waals surface area contributed by atoms with E-state index in [0.717, 1.165) is 5.56 Å². The molecule has 0 bridgehead atoms. The predicted molar refractivity (Wildman–Crippen MR) is 85.5 cm³/mol. The number of hydrogen-bond acceptors (Lipinski definition) is 6. The Bertz CT molecular complexity index is 858. The lowest BCUT2D eigenvalue weighted by Gasteiger charge is -2.07. The molecular formula is C17H13N3O4. The van der Waals surface area contributed by atoms with E-state index in [0.29, 0.717) is 22.7 Å². The molecule has 7 heteroatoms. The zero-order valence-electron chi connectivity index (χ0n) is 12.7. The topological polar surface area (TPSA) is 94.3 Å². The van der Waals surface area contributed by atoms with Gasteiger partial charge in [0.1, 0.15) is 0 Å². The van der Waals surface area contributed by atoms with Crippen LogP contribution in [0.4, 0.5) is 5.69 Å². The van der Waals surface area contributed by atoms with Crippen LogP contribution in [0.2, 0.25) is 0 Å². The van der Waals surface area contributed by atoms with Crippen molar-refractivity contribution < 1.29 is 18.7 Å². The summed E-state index contributed by atoms with van der Waals surface area (Å²) in [6, 6.07) is 13.3. The van der Waals surface area contributed by atoms with Crippen molar-refractivity contribution in [1.29, 1.82) is 0 Å². The van der Waals surface area contributed by atoms with Crippen LogP contribution in [0.25, 0.3) is 11.5 Å². The molecule has 0 saturated carbocycles. The molecule has 0 unspecified atom stereocenters. The quantitative estimate of drug-likeness (QED) is 0.742. The highest BCUT2D eigenvalue weighted by atomic mass is 16.5. The van der Waals surface area contributed by atoms with Crippen molar-refractivity contribution in [1.82, 2.24) is 10.2 Å². The molecule has 1 heterocycles. The van der Waals surface area contributed by atoms with E-state index in [1.165, 1.54) is 19.6 Å². The van der Waals surface area contributed by atoms with Gasteiger partial charge in [0.05, 0.1) is 12.7 Å². The lowest BCUT2D eigenvalue weighted by Crippen LogP contribution is -2.13. The lowest BCUT2D eigenvalue weighted by atomic mass is 10.1. The van der Waals surface area contributed by atoms with Crippen LogP contribution >= 0.6 is 0 Å². The molecular weight excluding hydrogens is 310 g/mol.